The van der Waals surface area contributed by atoms with Crippen LogP contribution in [-0.2, 0) is 19.1 Å². The molecule has 37 heavy (non-hydrogen) atoms. The predicted octanol–water partition coefficient (Wildman–Crippen LogP) is 0.427. The molecule has 3 atom stereocenters. The van der Waals surface area contributed by atoms with E-state index in [9.17, 15) is 19.5 Å². The first-order valence-corrected chi connectivity index (χ1v) is 13.4. The van der Waals surface area contributed by atoms with Gasteiger partial charge in [0.2, 0.25) is 5.91 Å². The van der Waals surface area contributed by atoms with Crippen molar-refractivity contribution in [1.82, 2.24) is 15.1 Å². The Morgan fingerprint density at radius 2 is 1.81 bits per heavy atom. The summed E-state index contributed by atoms with van der Waals surface area (Å²) >= 11 is 0. The zero-order valence-electron chi connectivity index (χ0n) is 21.6. The largest absolute Gasteiger partial charge is 0.388 e. The number of nitrogens with one attached hydrogen (secondary N) is 1. The fourth-order valence-electron chi connectivity index (χ4n) is 6.22. The molecule has 1 saturated carbocycles. The van der Waals surface area contributed by atoms with E-state index in [1.54, 1.807) is 7.11 Å². The Morgan fingerprint density at radius 3 is 2.49 bits per heavy atom. The number of aliphatic hydroxyl groups is 1. The number of piperazine rings is 1. The summed E-state index contributed by atoms with van der Waals surface area (Å²) in [4.78, 5) is 45.8. The molecule has 0 unspecified atom stereocenters. The molecule has 0 aromatic heterocycles. The van der Waals surface area contributed by atoms with E-state index in [1.165, 1.54) is 4.90 Å². The minimum absolute atomic E-state index is 0.0466. The van der Waals surface area contributed by atoms with Crippen molar-refractivity contribution in [2.45, 2.75) is 55.9 Å². The predicted molar refractivity (Wildman–Crippen MR) is 137 cm³/mol. The number of hydrogen-bond acceptors (Lipinski definition) is 8. The van der Waals surface area contributed by atoms with Gasteiger partial charge in [-0.3, -0.25) is 19.3 Å². The third kappa shape index (κ3) is 5.25. The van der Waals surface area contributed by atoms with Crippen molar-refractivity contribution in [2.75, 3.05) is 64.5 Å². The Hall–Kier alpha value is -2.53. The molecule has 2 N–H and O–H groups in total. The van der Waals surface area contributed by atoms with E-state index in [2.05, 4.69) is 15.1 Å². The Kier molecular flexibility index (Phi) is 7.80. The third-order valence-electron chi connectivity index (χ3n) is 8.37. The van der Waals surface area contributed by atoms with Gasteiger partial charge in [0.15, 0.2) is 5.78 Å². The number of aliphatic hydroxyl groups excluding tert-OH is 1. The number of Topliss-reactive ketones (excluding diaryl/α,β-unsaturated/α-hetero) is 1. The summed E-state index contributed by atoms with van der Waals surface area (Å²) in [5.74, 6) is -0.771. The molecule has 1 aliphatic carbocycles. The molecule has 202 valence electrons. The molecule has 4 fully saturated rings. The van der Waals surface area contributed by atoms with Gasteiger partial charge in [-0.1, -0.05) is 19.3 Å². The lowest BCUT2D eigenvalue weighted by Crippen LogP contribution is -2.62. The summed E-state index contributed by atoms with van der Waals surface area (Å²) in [5, 5.41) is 13.5. The number of likely N-dealkylation sites (tertiary alicyclic amines) is 1. The average molecular weight is 515 g/mol. The van der Waals surface area contributed by atoms with Crippen LogP contribution in [0, 0.1) is 0 Å². The highest BCUT2D eigenvalue weighted by atomic mass is 16.5. The zero-order chi connectivity index (χ0) is 26.0. The maximum atomic E-state index is 13.8. The highest BCUT2D eigenvalue weighted by Crippen LogP contribution is 2.35. The fraction of sp³-hybridized carbons (Fsp3) is 0.667. The smallest absolute Gasteiger partial charge is 0.252 e. The van der Waals surface area contributed by atoms with Gasteiger partial charge in [0.1, 0.15) is 30.4 Å². The summed E-state index contributed by atoms with van der Waals surface area (Å²) in [5.41, 5.74) is 0.493. The Bertz CT molecular complexity index is 987. The van der Waals surface area contributed by atoms with E-state index in [-0.39, 0.29) is 30.7 Å². The average Bonchev–Trinajstić information content (AvgIpc) is 3.48. The highest BCUT2D eigenvalue weighted by Gasteiger charge is 2.55. The molecule has 0 spiro atoms. The van der Waals surface area contributed by atoms with Gasteiger partial charge in [-0.15, -0.1) is 0 Å². The van der Waals surface area contributed by atoms with E-state index in [4.69, 9.17) is 9.47 Å². The van der Waals surface area contributed by atoms with Gasteiger partial charge in [0, 0.05) is 51.1 Å². The first-order chi connectivity index (χ1) is 17.9. The third-order valence-corrected chi connectivity index (χ3v) is 8.37. The summed E-state index contributed by atoms with van der Waals surface area (Å²) in [6.45, 7) is 5.39. The lowest BCUT2D eigenvalue weighted by molar-refractivity contribution is -0.143. The number of methoxy groups -OCH3 is 1. The minimum Gasteiger partial charge on any atom is -0.388 e. The highest BCUT2D eigenvalue weighted by molar-refractivity contribution is 6.01. The molecular weight excluding hydrogens is 476 g/mol. The molecule has 1 aromatic rings. The standard InChI is InChI=1S/C27H38N4O6/c1-36-16-15-29-11-13-30(14-12-29)20-7-5-19(6-8-20)25(34)28-27(9-3-2-4-10-27)26(35)31-17-21(32)24-23(31)22(33)18-37-24/h5-8,21,23-24,32H,2-4,9-18H2,1H3,(H,28,34)/t21-,23+,24+/m0/s1. The number of β-amino-alcohol motifs (C(OH)–C–C–N with tert-alkyl or cyclic N) is 1. The number of carbonyl (C=O) groups is 3. The zero-order valence-corrected chi connectivity index (χ0v) is 21.6. The van der Waals surface area contributed by atoms with Crippen molar-refractivity contribution in [1.29, 1.82) is 0 Å². The molecule has 5 rings (SSSR count). The van der Waals surface area contributed by atoms with Gasteiger partial charge in [-0.05, 0) is 37.1 Å². The number of carbonyl (C=O) groups excluding carboxylic acids is 3. The molecule has 0 radical (unpaired) electrons. The number of nitrogens with zero attached hydrogens (tertiary/aromatic N) is 3. The second-order valence-corrected chi connectivity index (χ2v) is 10.7. The number of ether oxygens (including phenoxy) is 2. The summed E-state index contributed by atoms with van der Waals surface area (Å²) in [7, 11) is 1.72. The van der Waals surface area contributed by atoms with Crippen molar-refractivity contribution in [3.63, 3.8) is 0 Å². The first kappa shape index (κ1) is 26.1. The molecule has 1 aromatic carbocycles. The van der Waals surface area contributed by atoms with E-state index >= 15 is 0 Å². The monoisotopic (exact) mass is 514 g/mol. The van der Waals surface area contributed by atoms with E-state index in [1.807, 2.05) is 24.3 Å². The van der Waals surface area contributed by atoms with E-state index in [0.717, 1.165) is 64.3 Å². The SMILES string of the molecule is COCCN1CCN(c2ccc(C(=O)NC3(C(=O)N4C[C@H](O)[C@H]5OCC(=O)[C@H]54)CCCCC3)cc2)CC1. The van der Waals surface area contributed by atoms with Crippen LogP contribution in [0.15, 0.2) is 24.3 Å². The molecule has 3 heterocycles. The van der Waals surface area contributed by atoms with Crippen LogP contribution in [0.3, 0.4) is 0 Å². The molecule has 2 amide bonds. The van der Waals surface area contributed by atoms with Crippen LogP contribution in [-0.4, -0.2) is 116 Å². The molecule has 3 saturated heterocycles. The van der Waals surface area contributed by atoms with Crippen molar-refractivity contribution in [3.05, 3.63) is 29.8 Å². The lowest BCUT2D eigenvalue weighted by atomic mass is 9.80. The minimum atomic E-state index is -1.08. The van der Waals surface area contributed by atoms with Gasteiger partial charge >= 0.3 is 0 Å². The lowest BCUT2D eigenvalue weighted by Gasteiger charge is -2.40. The van der Waals surface area contributed by atoms with Gasteiger partial charge < -0.3 is 29.7 Å². The summed E-state index contributed by atoms with van der Waals surface area (Å²) < 4.78 is 10.6. The molecular formula is C27H38N4O6. The van der Waals surface area contributed by atoms with Crippen LogP contribution in [0.4, 0.5) is 5.69 Å². The van der Waals surface area contributed by atoms with Gasteiger partial charge in [0.25, 0.3) is 5.91 Å². The molecule has 10 nitrogen and oxygen atoms in total. The van der Waals surface area contributed by atoms with Crippen LogP contribution < -0.4 is 10.2 Å². The van der Waals surface area contributed by atoms with Crippen LogP contribution in [0.2, 0.25) is 0 Å². The van der Waals surface area contributed by atoms with E-state index < -0.39 is 23.8 Å². The van der Waals surface area contributed by atoms with Crippen molar-refractivity contribution in [2.24, 2.45) is 0 Å². The Balaban J connectivity index is 1.26. The first-order valence-electron chi connectivity index (χ1n) is 13.4. The summed E-state index contributed by atoms with van der Waals surface area (Å²) in [6.07, 6.45) is 2.08. The molecule has 3 aliphatic heterocycles. The number of ketones is 1. The number of hydrogen-bond donors (Lipinski definition) is 2. The summed E-state index contributed by atoms with van der Waals surface area (Å²) in [6, 6.07) is 6.78. The van der Waals surface area contributed by atoms with Gasteiger partial charge in [-0.2, -0.15) is 0 Å². The maximum Gasteiger partial charge on any atom is 0.252 e. The number of benzene rings is 1. The quantitative estimate of drug-likeness (QED) is 0.539. The molecule has 10 heteroatoms. The Morgan fingerprint density at radius 1 is 1.11 bits per heavy atom. The molecule has 0 bridgehead atoms. The molecule has 4 aliphatic rings. The number of rotatable bonds is 7. The fourth-order valence-corrected chi connectivity index (χ4v) is 6.22. The Labute approximate surface area is 217 Å². The second kappa shape index (κ2) is 11.1. The van der Waals surface area contributed by atoms with Crippen molar-refractivity contribution < 1.29 is 29.0 Å². The van der Waals surface area contributed by atoms with Crippen LogP contribution >= 0.6 is 0 Å². The maximum absolute atomic E-state index is 13.8. The number of fused-ring (bicyclic) bond motifs is 1. The van der Waals surface area contributed by atoms with Gasteiger partial charge in [-0.25, -0.2) is 0 Å². The van der Waals surface area contributed by atoms with Crippen LogP contribution in [0.5, 0.6) is 0 Å². The topological polar surface area (TPSA) is 112 Å². The van der Waals surface area contributed by atoms with E-state index in [0.29, 0.717) is 18.4 Å². The van der Waals surface area contributed by atoms with Gasteiger partial charge in [0.05, 0.1) is 13.2 Å². The second-order valence-electron chi connectivity index (χ2n) is 10.7. The van der Waals surface area contributed by atoms with Crippen LogP contribution in [0.1, 0.15) is 42.5 Å². The van der Waals surface area contributed by atoms with Crippen molar-refractivity contribution in [3.8, 4) is 0 Å². The van der Waals surface area contributed by atoms with Crippen molar-refractivity contribution >= 4 is 23.3 Å². The van der Waals surface area contributed by atoms with Crippen LogP contribution in [0.25, 0.3) is 0 Å². The number of anilines is 1. The normalized spacial score (nSPS) is 27.8. The number of amides is 2.